The molecule has 0 spiro atoms. The summed E-state index contributed by atoms with van der Waals surface area (Å²) in [5, 5.41) is 12.2. The highest BCUT2D eigenvalue weighted by Crippen LogP contribution is 2.26. The Morgan fingerprint density at radius 2 is 1.85 bits per heavy atom. The van der Waals surface area contributed by atoms with E-state index in [0.29, 0.717) is 17.1 Å². The number of hydrogen-bond acceptors (Lipinski definition) is 6. The van der Waals surface area contributed by atoms with Gasteiger partial charge in [0.25, 0.3) is 10.0 Å². The van der Waals surface area contributed by atoms with E-state index in [1.807, 2.05) is 18.2 Å². The van der Waals surface area contributed by atoms with Gasteiger partial charge in [-0.2, -0.15) is 5.10 Å². The van der Waals surface area contributed by atoms with Gasteiger partial charge in [0.15, 0.2) is 11.3 Å². The number of benzene rings is 2. The van der Waals surface area contributed by atoms with E-state index in [-0.39, 0.29) is 21.3 Å². The van der Waals surface area contributed by atoms with Crippen LogP contribution in [0.25, 0.3) is 11.0 Å². The molecule has 0 aliphatic carbocycles. The summed E-state index contributed by atoms with van der Waals surface area (Å²) >= 11 is 12.3. The summed E-state index contributed by atoms with van der Waals surface area (Å²) in [6.07, 6.45) is 1.51. The average molecular weight is 424 g/mol. The van der Waals surface area contributed by atoms with Gasteiger partial charge in [0.2, 0.25) is 0 Å². The number of sulfonamides is 1. The predicted molar refractivity (Wildman–Crippen MR) is 100 cm³/mol. The summed E-state index contributed by atoms with van der Waals surface area (Å²) in [5.41, 5.74) is 1.27. The van der Waals surface area contributed by atoms with Crippen LogP contribution in [0.4, 0.5) is 5.82 Å². The molecule has 1 N–H and O–H groups in total. The van der Waals surface area contributed by atoms with Gasteiger partial charge in [-0.15, -0.1) is 0 Å². The quantitative estimate of drug-likeness (QED) is 0.526. The SMILES string of the molecule is O=S(=O)(Nc1nn(Cc2ccccc2Cl)cc1Cl)c1cccc2nonc12. The first-order chi connectivity index (χ1) is 12.9. The third-order valence-corrected chi connectivity index (χ3v) is 5.79. The molecule has 4 aromatic rings. The van der Waals surface area contributed by atoms with Crippen LogP contribution in [-0.2, 0) is 16.6 Å². The highest BCUT2D eigenvalue weighted by molar-refractivity contribution is 7.93. The molecule has 0 radical (unpaired) electrons. The molecule has 0 saturated carbocycles. The molecule has 0 fully saturated rings. The Kier molecular flexibility index (Phi) is 4.50. The number of rotatable bonds is 5. The zero-order valence-corrected chi connectivity index (χ0v) is 15.8. The molecule has 8 nitrogen and oxygen atoms in total. The van der Waals surface area contributed by atoms with Crippen molar-refractivity contribution in [1.82, 2.24) is 20.1 Å². The molecule has 4 rings (SSSR count). The van der Waals surface area contributed by atoms with Crippen LogP contribution in [0.15, 0.2) is 58.2 Å². The van der Waals surface area contributed by atoms with E-state index in [1.165, 1.54) is 16.9 Å². The van der Waals surface area contributed by atoms with Crippen molar-refractivity contribution >= 4 is 50.1 Å². The van der Waals surface area contributed by atoms with Crippen LogP contribution in [0.1, 0.15) is 5.56 Å². The van der Waals surface area contributed by atoms with Gasteiger partial charge in [0.05, 0.1) is 6.54 Å². The average Bonchev–Trinajstić information content (AvgIpc) is 3.23. The van der Waals surface area contributed by atoms with Gasteiger partial charge >= 0.3 is 0 Å². The lowest BCUT2D eigenvalue weighted by Crippen LogP contribution is -2.14. The summed E-state index contributed by atoms with van der Waals surface area (Å²) in [5.74, 6) is -0.00261. The Hall–Kier alpha value is -2.62. The van der Waals surface area contributed by atoms with E-state index >= 15 is 0 Å². The molecular formula is C16H11Cl2N5O3S. The van der Waals surface area contributed by atoms with Crippen LogP contribution in [0.2, 0.25) is 10.0 Å². The Labute approximate surface area is 163 Å². The maximum Gasteiger partial charge on any atom is 0.265 e. The third kappa shape index (κ3) is 3.48. The Morgan fingerprint density at radius 3 is 2.67 bits per heavy atom. The number of anilines is 1. The molecule has 0 unspecified atom stereocenters. The number of nitrogens with one attached hydrogen (secondary N) is 1. The van der Waals surface area contributed by atoms with Crippen molar-refractivity contribution in [3.63, 3.8) is 0 Å². The molecule has 0 aliphatic rings. The molecular weight excluding hydrogens is 413 g/mol. The molecule has 11 heteroatoms. The summed E-state index contributed by atoms with van der Waals surface area (Å²) < 4.78 is 34.0. The number of nitrogens with zero attached hydrogens (tertiary/aromatic N) is 4. The van der Waals surface area contributed by atoms with Crippen molar-refractivity contribution in [2.24, 2.45) is 0 Å². The minimum absolute atomic E-state index is 0.00261. The van der Waals surface area contributed by atoms with Crippen LogP contribution in [-0.4, -0.2) is 28.5 Å². The Morgan fingerprint density at radius 1 is 1.04 bits per heavy atom. The minimum Gasteiger partial charge on any atom is -0.265 e. The predicted octanol–water partition coefficient (Wildman–Crippen LogP) is 3.58. The van der Waals surface area contributed by atoms with Crippen molar-refractivity contribution in [1.29, 1.82) is 0 Å². The molecule has 0 atom stereocenters. The van der Waals surface area contributed by atoms with E-state index < -0.39 is 10.0 Å². The fourth-order valence-corrected chi connectivity index (χ4v) is 4.15. The molecule has 0 saturated heterocycles. The van der Waals surface area contributed by atoms with Crippen molar-refractivity contribution in [3.05, 3.63) is 64.3 Å². The van der Waals surface area contributed by atoms with Gasteiger partial charge in [0.1, 0.15) is 15.4 Å². The van der Waals surface area contributed by atoms with Gasteiger partial charge in [-0.1, -0.05) is 47.5 Å². The van der Waals surface area contributed by atoms with Crippen molar-refractivity contribution in [2.75, 3.05) is 4.72 Å². The molecule has 138 valence electrons. The first-order valence-corrected chi connectivity index (χ1v) is 9.88. The van der Waals surface area contributed by atoms with Crippen LogP contribution in [0.3, 0.4) is 0 Å². The Bertz CT molecular complexity index is 1240. The molecule has 0 aliphatic heterocycles. The molecule has 0 amide bonds. The van der Waals surface area contributed by atoms with E-state index in [9.17, 15) is 8.42 Å². The zero-order valence-electron chi connectivity index (χ0n) is 13.5. The summed E-state index contributed by atoms with van der Waals surface area (Å²) in [4.78, 5) is -0.0852. The van der Waals surface area contributed by atoms with Gasteiger partial charge in [-0.3, -0.25) is 9.40 Å². The first kappa shape index (κ1) is 17.8. The van der Waals surface area contributed by atoms with E-state index in [2.05, 4.69) is 24.8 Å². The number of fused-ring (bicyclic) bond motifs is 1. The third-order valence-electron chi connectivity index (χ3n) is 3.78. The van der Waals surface area contributed by atoms with Crippen LogP contribution < -0.4 is 4.72 Å². The first-order valence-electron chi connectivity index (χ1n) is 7.64. The molecule has 2 aromatic heterocycles. The Balaban J connectivity index is 1.64. The fourth-order valence-electron chi connectivity index (χ4n) is 2.53. The zero-order chi connectivity index (χ0) is 19.0. The number of hydrogen-bond donors (Lipinski definition) is 1. The molecule has 2 heterocycles. The van der Waals surface area contributed by atoms with Crippen molar-refractivity contribution < 1.29 is 13.0 Å². The minimum atomic E-state index is -4.00. The largest absolute Gasteiger partial charge is 0.265 e. The molecule has 2 aromatic carbocycles. The van der Waals surface area contributed by atoms with Crippen molar-refractivity contribution in [2.45, 2.75) is 11.4 Å². The van der Waals surface area contributed by atoms with Crippen molar-refractivity contribution in [3.8, 4) is 0 Å². The lowest BCUT2D eigenvalue weighted by atomic mass is 10.2. The number of aromatic nitrogens is 4. The van der Waals surface area contributed by atoms with Crippen LogP contribution in [0, 0.1) is 0 Å². The second kappa shape index (κ2) is 6.84. The van der Waals surface area contributed by atoms with Gasteiger partial charge in [0, 0.05) is 11.2 Å². The standard InChI is InChI=1S/C16H11Cl2N5O3S/c17-11-5-2-1-4-10(11)8-23-9-12(18)16(19-23)22-27(24,25)14-7-3-6-13-15(14)21-26-20-13/h1-7,9H,8H2,(H,19,22). The van der Waals surface area contributed by atoms with Crippen LogP contribution in [0.5, 0.6) is 0 Å². The smallest absolute Gasteiger partial charge is 0.265 e. The maximum absolute atomic E-state index is 12.7. The second-order valence-electron chi connectivity index (χ2n) is 5.61. The van der Waals surface area contributed by atoms with Gasteiger partial charge in [-0.25, -0.2) is 13.0 Å². The fraction of sp³-hybridized carbons (Fsp3) is 0.0625. The van der Waals surface area contributed by atoms with E-state index in [0.717, 1.165) is 5.56 Å². The lowest BCUT2D eigenvalue weighted by molar-refractivity contribution is 0.315. The van der Waals surface area contributed by atoms with E-state index in [4.69, 9.17) is 23.2 Å². The highest BCUT2D eigenvalue weighted by atomic mass is 35.5. The van der Waals surface area contributed by atoms with Gasteiger partial charge < -0.3 is 0 Å². The monoisotopic (exact) mass is 423 g/mol. The normalized spacial score (nSPS) is 11.8. The highest BCUT2D eigenvalue weighted by Gasteiger charge is 2.23. The van der Waals surface area contributed by atoms with Crippen LogP contribution >= 0.6 is 23.2 Å². The van der Waals surface area contributed by atoms with Gasteiger partial charge in [-0.05, 0) is 34.1 Å². The number of halogens is 2. The molecule has 0 bridgehead atoms. The van der Waals surface area contributed by atoms with E-state index in [1.54, 1.807) is 18.2 Å². The maximum atomic E-state index is 12.7. The second-order valence-corrected chi connectivity index (χ2v) is 8.07. The lowest BCUT2D eigenvalue weighted by Gasteiger charge is -2.06. The molecule has 27 heavy (non-hydrogen) atoms. The summed E-state index contributed by atoms with van der Waals surface area (Å²) in [7, 11) is -4.00. The summed E-state index contributed by atoms with van der Waals surface area (Å²) in [6, 6.07) is 11.8. The topological polar surface area (TPSA) is 103 Å². The summed E-state index contributed by atoms with van der Waals surface area (Å²) in [6.45, 7) is 0.337.